The van der Waals surface area contributed by atoms with Gasteiger partial charge in [-0.15, -0.1) is 0 Å². The van der Waals surface area contributed by atoms with Crippen LogP contribution in [0.3, 0.4) is 0 Å². The Balaban J connectivity index is 1.98. The molecule has 0 aliphatic carbocycles. The number of piperazine rings is 1. The van der Waals surface area contributed by atoms with Crippen LogP contribution in [-0.2, 0) is 18.3 Å². The summed E-state index contributed by atoms with van der Waals surface area (Å²) < 4.78 is 7.38. The highest BCUT2D eigenvalue weighted by Gasteiger charge is 2.26. The number of nitrogens with zero attached hydrogens (tertiary/aromatic N) is 4. The molecule has 7 nitrogen and oxygen atoms in total. The number of hydrogen-bond donors (Lipinski definition) is 0. The van der Waals surface area contributed by atoms with Crippen LogP contribution in [0.2, 0.25) is 0 Å². The molecule has 1 aromatic rings. The van der Waals surface area contributed by atoms with Gasteiger partial charge in [0, 0.05) is 46.8 Å². The molecule has 1 aliphatic rings. The van der Waals surface area contributed by atoms with Gasteiger partial charge in [0.15, 0.2) is 11.1 Å². The van der Waals surface area contributed by atoms with Crippen molar-refractivity contribution in [3.05, 3.63) is 15.4 Å². The summed E-state index contributed by atoms with van der Waals surface area (Å²) in [7, 11) is 3.65. The summed E-state index contributed by atoms with van der Waals surface area (Å²) in [6.45, 7) is 9.06. The summed E-state index contributed by atoms with van der Waals surface area (Å²) in [5, 5.41) is 0. The maximum absolute atomic E-state index is 12.1. The summed E-state index contributed by atoms with van der Waals surface area (Å²) in [5.74, 6) is 0. The van der Waals surface area contributed by atoms with Crippen molar-refractivity contribution in [1.29, 1.82) is 0 Å². The third-order valence-electron chi connectivity index (χ3n) is 3.87. The smallest absolute Gasteiger partial charge is 0.410 e. The van der Waals surface area contributed by atoms with Gasteiger partial charge in [0.25, 0.3) is 0 Å². The summed E-state index contributed by atoms with van der Waals surface area (Å²) in [6.07, 6.45) is 0.634. The number of rotatable bonds is 3. The van der Waals surface area contributed by atoms with E-state index in [2.05, 4.69) is 9.89 Å². The molecule has 1 amide bonds. The molecule has 0 N–H and O–H groups in total. The molecule has 134 valence electrons. The quantitative estimate of drug-likeness (QED) is 0.771. The lowest BCUT2D eigenvalue weighted by Crippen LogP contribution is -2.49. The molecular formula is C16H26N4O3S. The number of aldehydes is 1. The molecule has 2 heterocycles. The van der Waals surface area contributed by atoms with Crippen LogP contribution in [0, 0.1) is 0 Å². The number of amides is 1. The van der Waals surface area contributed by atoms with Gasteiger partial charge in [-0.3, -0.25) is 14.7 Å². The fourth-order valence-electron chi connectivity index (χ4n) is 2.61. The zero-order valence-electron chi connectivity index (χ0n) is 15.0. The van der Waals surface area contributed by atoms with Gasteiger partial charge >= 0.3 is 6.09 Å². The molecule has 24 heavy (non-hydrogen) atoms. The minimum absolute atomic E-state index is 0.260. The van der Waals surface area contributed by atoms with E-state index in [1.165, 1.54) is 11.3 Å². The minimum Gasteiger partial charge on any atom is -0.444 e. The Morgan fingerprint density at radius 1 is 1.29 bits per heavy atom. The Kier molecular flexibility index (Phi) is 5.82. The molecule has 0 saturated carbocycles. The standard InChI is InChI=1S/C16H26N4O3S/c1-16(2,3)23-15(22)20-8-6-19(7-9-20)10-12-13(11-21)24-14(17-4)18(12)5/h11H,6-10H2,1-5H3. The fraction of sp³-hybridized carbons (Fsp3) is 0.688. The first-order valence-corrected chi connectivity index (χ1v) is 8.84. The van der Waals surface area contributed by atoms with Crippen molar-refractivity contribution in [2.45, 2.75) is 32.9 Å². The van der Waals surface area contributed by atoms with Crippen LogP contribution in [0.1, 0.15) is 36.1 Å². The first-order valence-electron chi connectivity index (χ1n) is 8.02. The van der Waals surface area contributed by atoms with Gasteiger partial charge in [0.05, 0.1) is 10.6 Å². The fourth-order valence-corrected chi connectivity index (χ4v) is 3.51. The molecule has 0 aromatic carbocycles. The van der Waals surface area contributed by atoms with Crippen LogP contribution in [0.25, 0.3) is 0 Å². The molecule has 0 unspecified atom stereocenters. The van der Waals surface area contributed by atoms with Crippen molar-refractivity contribution in [2.24, 2.45) is 12.0 Å². The van der Waals surface area contributed by atoms with E-state index in [0.717, 1.165) is 29.9 Å². The highest BCUT2D eigenvalue weighted by atomic mass is 32.1. The molecule has 0 atom stereocenters. The molecule has 1 fully saturated rings. The SMILES string of the molecule is CN=c1sc(C=O)c(CN2CCN(C(=O)OC(C)(C)C)CC2)n1C. The second-order valence-electron chi connectivity index (χ2n) is 6.84. The first kappa shape index (κ1) is 18.7. The van der Waals surface area contributed by atoms with Gasteiger partial charge in [0.2, 0.25) is 0 Å². The largest absolute Gasteiger partial charge is 0.444 e. The molecule has 2 rings (SSSR count). The number of ether oxygens (including phenoxy) is 1. The maximum atomic E-state index is 12.1. The highest BCUT2D eigenvalue weighted by molar-refractivity contribution is 7.11. The van der Waals surface area contributed by atoms with Crippen LogP contribution < -0.4 is 4.80 Å². The van der Waals surface area contributed by atoms with E-state index in [4.69, 9.17) is 4.74 Å². The molecule has 1 aliphatic heterocycles. The van der Waals surface area contributed by atoms with E-state index in [1.807, 2.05) is 32.4 Å². The Morgan fingerprint density at radius 3 is 2.42 bits per heavy atom. The summed E-state index contributed by atoms with van der Waals surface area (Å²) in [6, 6.07) is 0. The lowest BCUT2D eigenvalue weighted by atomic mass is 10.2. The van der Waals surface area contributed by atoms with Gasteiger partial charge in [-0.2, -0.15) is 0 Å². The predicted octanol–water partition coefficient (Wildman–Crippen LogP) is 1.48. The zero-order chi connectivity index (χ0) is 17.9. The molecule has 0 spiro atoms. The molecule has 0 radical (unpaired) electrons. The Hall–Kier alpha value is -1.67. The van der Waals surface area contributed by atoms with Crippen LogP contribution in [0.15, 0.2) is 4.99 Å². The van der Waals surface area contributed by atoms with E-state index in [9.17, 15) is 9.59 Å². The van der Waals surface area contributed by atoms with Gasteiger partial charge in [0.1, 0.15) is 5.60 Å². The third-order valence-corrected chi connectivity index (χ3v) is 5.06. The van der Waals surface area contributed by atoms with Crippen molar-refractivity contribution in [3.63, 3.8) is 0 Å². The second kappa shape index (κ2) is 7.48. The van der Waals surface area contributed by atoms with Crippen molar-refractivity contribution < 1.29 is 14.3 Å². The average molecular weight is 354 g/mol. The third kappa shape index (κ3) is 4.45. The van der Waals surface area contributed by atoms with Crippen LogP contribution in [-0.4, -0.2) is 65.6 Å². The Labute approximate surface area is 146 Å². The first-order chi connectivity index (χ1) is 11.2. The molecular weight excluding hydrogens is 328 g/mol. The minimum atomic E-state index is -0.475. The van der Waals surface area contributed by atoms with Gasteiger partial charge in [-0.1, -0.05) is 11.3 Å². The normalized spacial score (nSPS) is 17.2. The lowest BCUT2D eigenvalue weighted by molar-refractivity contribution is 0.0137. The van der Waals surface area contributed by atoms with Gasteiger partial charge in [-0.25, -0.2) is 4.79 Å². The molecule has 8 heteroatoms. The zero-order valence-corrected chi connectivity index (χ0v) is 15.9. The summed E-state index contributed by atoms with van der Waals surface area (Å²) in [5.41, 5.74) is 0.499. The van der Waals surface area contributed by atoms with Crippen LogP contribution in [0.5, 0.6) is 0 Å². The van der Waals surface area contributed by atoms with Gasteiger partial charge < -0.3 is 14.2 Å². The molecule has 0 bridgehead atoms. The molecule has 1 aromatic heterocycles. The second-order valence-corrected chi connectivity index (χ2v) is 7.85. The number of hydrogen-bond acceptors (Lipinski definition) is 6. The Morgan fingerprint density at radius 2 is 1.92 bits per heavy atom. The topological polar surface area (TPSA) is 67.1 Å². The highest BCUT2D eigenvalue weighted by Crippen LogP contribution is 2.16. The monoisotopic (exact) mass is 354 g/mol. The van der Waals surface area contributed by atoms with Crippen molar-refractivity contribution in [3.8, 4) is 0 Å². The number of aromatic nitrogens is 1. The van der Waals surface area contributed by atoms with E-state index in [0.29, 0.717) is 24.5 Å². The van der Waals surface area contributed by atoms with E-state index in [1.54, 1.807) is 11.9 Å². The van der Waals surface area contributed by atoms with Crippen molar-refractivity contribution in [2.75, 3.05) is 33.2 Å². The maximum Gasteiger partial charge on any atom is 0.410 e. The number of thiazole rings is 1. The number of carbonyl (C=O) groups excluding carboxylic acids is 2. The van der Waals surface area contributed by atoms with Gasteiger partial charge in [-0.05, 0) is 20.8 Å². The lowest BCUT2D eigenvalue weighted by Gasteiger charge is -2.35. The van der Waals surface area contributed by atoms with Crippen molar-refractivity contribution in [1.82, 2.24) is 14.4 Å². The van der Waals surface area contributed by atoms with E-state index in [-0.39, 0.29) is 6.09 Å². The Bertz CT molecular complexity index is 664. The van der Waals surface area contributed by atoms with E-state index >= 15 is 0 Å². The number of carbonyl (C=O) groups is 2. The summed E-state index contributed by atoms with van der Waals surface area (Å²) in [4.78, 5) is 33.1. The average Bonchev–Trinajstić information content (AvgIpc) is 2.82. The predicted molar refractivity (Wildman–Crippen MR) is 93.2 cm³/mol. The molecule has 1 saturated heterocycles. The summed E-state index contributed by atoms with van der Waals surface area (Å²) >= 11 is 1.40. The van der Waals surface area contributed by atoms with Crippen LogP contribution >= 0.6 is 11.3 Å². The van der Waals surface area contributed by atoms with E-state index < -0.39 is 5.60 Å². The van der Waals surface area contributed by atoms with Crippen LogP contribution in [0.4, 0.5) is 4.79 Å². The van der Waals surface area contributed by atoms with Crippen molar-refractivity contribution >= 4 is 23.7 Å².